The molecule has 2 rings (SSSR count). The number of nitrogens with zero attached hydrogens (tertiary/aromatic N) is 1. The minimum atomic E-state index is 0.120. The Morgan fingerprint density at radius 1 is 1.39 bits per heavy atom. The molecule has 0 amide bonds. The Morgan fingerprint density at radius 2 is 2.11 bits per heavy atom. The van der Waals surface area contributed by atoms with E-state index in [-0.39, 0.29) is 5.54 Å². The normalized spacial score (nSPS) is 23.8. The average Bonchev–Trinajstić information content (AvgIpc) is 2.39. The number of rotatable bonds is 1. The third-order valence-corrected chi connectivity index (χ3v) is 4.04. The van der Waals surface area contributed by atoms with Crippen molar-refractivity contribution in [2.24, 2.45) is 0 Å². The van der Waals surface area contributed by atoms with Crippen molar-refractivity contribution in [3.63, 3.8) is 0 Å². The first-order chi connectivity index (χ1) is 8.42. The second kappa shape index (κ2) is 5.10. The van der Waals surface area contributed by atoms with Crippen LogP contribution in [0.15, 0.2) is 18.2 Å². The predicted molar refractivity (Wildman–Crippen MR) is 79.7 cm³/mol. The first kappa shape index (κ1) is 13.7. The second-order valence-corrected chi connectivity index (χ2v) is 6.36. The van der Waals surface area contributed by atoms with Crippen molar-refractivity contribution in [3.05, 3.63) is 28.8 Å². The smallest absolute Gasteiger partial charge is 0.0473 e. The van der Waals surface area contributed by atoms with Crippen LogP contribution in [0.25, 0.3) is 0 Å². The molecular weight excluding hydrogens is 244 g/mol. The maximum atomic E-state index is 6.06. The van der Waals surface area contributed by atoms with Gasteiger partial charge >= 0.3 is 0 Å². The van der Waals surface area contributed by atoms with Crippen LogP contribution in [-0.4, -0.2) is 24.7 Å². The summed E-state index contributed by atoms with van der Waals surface area (Å²) in [7, 11) is 0. The summed E-state index contributed by atoms with van der Waals surface area (Å²) < 4.78 is 0. The zero-order chi connectivity index (χ0) is 13.3. The van der Waals surface area contributed by atoms with Crippen LogP contribution in [0.3, 0.4) is 0 Å². The molecule has 0 saturated carbocycles. The molecule has 1 atom stereocenters. The Kier molecular flexibility index (Phi) is 3.88. The van der Waals surface area contributed by atoms with Crippen LogP contribution < -0.4 is 10.2 Å². The van der Waals surface area contributed by atoms with E-state index < -0.39 is 0 Å². The average molecular weight is 267 g/mol. The van der Waals surface area contributed by atoms with Gasteiger partial charge in [-0.2, -0.15) is 0 Å². The second-order valence-electron chi connectivity index (χ2n) is 5.93. The molecular formula is C15H23ClN2. The molecule has 0 radical (unpaired) electrons. The van der Waals surface area contributed by atoms with Crippen molar-refractivity contribution >= 4 is 17.3 Å². The molecule has 0 aromatic heterocycles. The molecule has 1 aliphatic heterocycles. The van der Waals surface area contributed by atoms with Gasteiger partial charge in [-0.05, 0) is 64.4 Å². The first-order valence-electron chi connectivity index (χ1n) is 6.68. The van der Waals surface area contributed by atoms with E-state index in [1.165, 1.54) is 17.7 Å². The van der Waals surface area contributed by atoms with Crippen LogP contribution in [0.1, 0.15) is 32.8 Å². The molecule has 0 bridgehead atoms. The van der Waals surface area contributed by atoms with Crippen molar-refractivity contribution < 1.29 is 0 Å². The van der Waals surface area contributed by atoms with Crippen molar-refractivity contribution in [2.75, 3.05) is 18.0 Å². The van der Waals surface area contributed by atoms with Gasteiger partial charge in [0.25, 0.3) is 0 Å². The quantitative estimate of drug-likeness (QED) is 0.835. The van der Waals surface area contributed by atoms with E-state index in [4.69, 9.17) is 11.6 Å². The highest BCUT2D eigenvalue weighted by molar-refractivity contribution is 6.30. The fourth-order valence-electron chi connectivity index (χ4n) is 2.97. The Labute approximate surface area is 115 Å². The molecule has 18 heavy (non-hydrogen) atoms. The zero-order valence-corrected chi connectivity index (χ0v) is 12.5. The molecule has 1 aromatic rings. The fraction of sp³-hybridized carbons (Fsp3) is 0.600. The van der Waals surface area contributed by atoms with Gasteiger partial charge in [0.1, 0.15) is 0 Å². The van der Waals surface area contributed by atoms with Crippen LogP contribution in [0.4, 0.5) is 5.69 Å². The third kappa shape index (κ3) is 2.65. The molecule has 0 aliphatic carbocycles. The molecule has 0 spiro atoms. The molecule has 3 heteroatoms. The van der Waals surface area contributed by atoms with Crippen molar-refractivity contribution in [1.29, 1.82) is 0 Å². The molecule has 100 valence electrons. The number of aryl methyl sites for hydroxylation is 1. The van der Waals surface area contributed by atoms with E-state index in [0.29, 0.717) is 6.04 Å². The van der Waals surface area contributed by atoms with Gasteiger partial charge in [-0.3, -0.25) is 0 Å². The number of anilines is 1. The van der Waals surface area contributed by atoms with Gasteiger partial charge < -0.3 is 10.2 Å². The predicted octanol–water partition coefficient (Wildman–Crippen LogP) is 3.62. The van der Waals surface area contributed by atoms with Gasteiger partial charge in [0.2, 0.25) is 0 Å². The van der Waals surface area contributed by atoms with Crippen LogP contribution in [-0.2, 0) is 0 Å². The summed E-state index contributed by atoms with van der Waals surface area (Å²) in [4.78, 5) is 2.54. The third-order valence-electron chi connectivity index (χ3n) is 3.81. The molecule has 2 nitrogen and oxygen atoms in total. The maximum Gasteiger partial charge on any atom is 0.0473 e. The highest BCUT2D eigenvalue weighted by Crippen LogP contribution is 2.32. The summed E-state index contributed by atoms with van der Waals surface area (Å²) in [5.74, 6) is 0. The van der Waals surface area contributed by atoms with Gasteiger partial charge in [-0.25, -0.2) is 0 Å². The zero-order valence-electron chi connectivity index (χ0n) is 11.8. The molecule has 1 aromatic carbocycles. The Bertz CT molecular complexity index is 429. The summed E-state index contributed by atoms with van der Waals surface area (Å²) in [5.41, 5.74) is 2.68. The standard InChI is InChI=1S/C15H23ClN2/c1-11-9-13(16)5-6-14(11)18-12(2)7-8-17-10-15(18,3)4/h5-6,9,12,17H,7-8,10H2,1-4H3. The van der Waals surface area contributed by atoms with Gasteiger partial charge in [0.05, 0.1) is 0 Å². The largest absolute Gasteiger partial charge is 0.362 e. The first-order valence-corrected chi connectivity index (χ1v) is 7.06. The molecule has 1 heterocycles. The van der Waals surface area contributed by atoms with Crippen LogP contribution >= 0.6 is 11.6 Å². The molecule has 1 unspecified atom stereocenters. The number of hydrogen-bond acceptors (Lipinski definition) is 2. The lowest BCUT2D eigenvalue weighted by Gasteiger charge is -2.43. The van der Waals surface area contributed by atoms with Gasteiger partial charge in [0.15, 0.2) is 0 Å². The number of hydrogen-bond donors (Lipinski definition) is 1. The lowest BCUT2D eigenvalue weighted by atomic mass is 9.98. The minimum absolute atomic E-state index is 0.120. The van der Waals surface area contributed by atoms with Crippen LogP contribution in [0, 0.1) is 6.92 Å². The number of halogens is 1. The van der Waals surface area contributed by atoms with E-state index >= 15 is 0 Å². The molecule has 1 N–H and O–H groups in total. The Morgan fingerprint density at radius 3 is 2.78 bits per heavy atom. The van der Waals surface area contributed by atoms with Gasteiger partial charge in [-0.15, -0.1) is 0 Å². The van der Waals surface area contributed by atoms with E-state index in [1.807, 2.05) is 6.07 Å². The van der Waals surface area contributed by atoms with Crippen LogP contribution in [0.5, 0.6) is 0 Å². The van der Waals surface area contributed by atoms with E-state index in [2.05, 4.69) is 50.0 Å². The monoisotopic (exact) mass is 266 g/mol. The Balaban J connectivity index is 2.43. The maximum absolute atomic E-state index is 6.06. The van der Waals surface area contributed by atoms with Crippen molar-refractivity contribution in [3.8, 4) is 0 Å². The lowest BCUT2D eigenvalue weighted by molar-refractivity contribution is 0.432. The highest BCUT2D eigenvalue weighted by Gasteiger charge is 2.33. The van der Waals surface area contributed by atoms with E-state index in [9.17, 15) is 0 Å². The van der Waals surface area contributed by atoms with E-state index in [1.54, 1.807) is 0 Å². The van der Waals surface area contributed by atoms with Gasteiger partial charge in [0, 0.05) is 28.8 Å². The molecule has 1 saturated heterocycles. The Hall–Kier alpha value is -0.730. The summed E-state index contributed by atoms with van der Waals surface area (Å²) >= 11 is 6.06. The van der Waals surface area contributed by atoms with Crippen molar-refractivity contribution in [2.45, 2.75) is 45.7 Å². The number of nitrogens with one attached hydrogen (secondary N) is 1. The summed E-state index contributed by atoms with van der Waals surface area (Å²) in [5, 5.41) is 4.35. The fourth-order valence-corrected chi connectivity index (χ4v) is 3.20. The summed E-state index contributed by atoms with van der Waals surface area (Å²) in [6.45, 7) is 11.2. The minimum Gasteiger partial charge on any atom is -0.362 e. The highest BCUT2D eigenvalue weighted by atomic mass is 35.5. The van der Waals surface area contributed by atoms with Crippen LogP contribution in [0.2, 0.25) is 5.02 Å². The number of benzene rings is 1. The van der Waals surface area contributed by atoms with Crippen molar-refractivity contribution in [1.82, 2.24) is 5.32 Å². The molecule has 1 aliphatic rings. The van der Waals surface area contributed by atoms with E-state index in [0.717, 1.165) is 18.1 Å². The summed E-state index contributed by atoms with van der Waals surface area (Å²) in [6.07, 6.45) is 1.17. The van der Waals surface area contributed by atoms with Gasteiger partial charge in [-0.1, -0.05) is 11.6 Å². The molecule has 1 fully saturated rings. The SMILES string of the molecule is Cc1cc(Cl)ccc1N1C(C)CCNCC1(C)C. The summed E-state index contributed by atoms with van der Waals surface area (Å²) in [6, 6.07) is 6.74. The topological polar surface area (TPSA) is 15.3 Å². The lowest BCUT2D eigenvalue weighted by Crippen LogP contribution is -2.52.